The molecule has 4 saturated carbocycles. The minimum absolute atomic E-state index is 0.00116. The van der Waals surface area contributed by atoms with Crippen molar-refractivity contribution in [3.05, 3.63) is 34.9 Å². The van der Waals surface area contributed by atoms with E-state index in [1.165, 1.54) is 38.5 Å². The van der Waals surface area contributed by atoms with E-state index in [9.17, 15) is 4.79 Å². The molecule has 4 heteroatoms. The maximum atomic E-state index is 12.7. The monoisotopic (exact) mass is 346 g/mol. The first kappa shape index (κ1) is 16.3. The molecule has 4 aliphatic carbocycles. The van der Waals surface area contributed by atoms with E-state index in [1.807, 2.05) is 24.3 Å². The summed E-state index contributed by atoms with van der Waals surface area (Å²) < 4.78 is 0. The fourth-order valence-corrected chi connectivity index (χ4v) is 5.94. The van der Waals surface area contributed by atoms with Crippen LogP contribution in [-0.4, -0.2) is 11.6 Å². The highest BCUT2D eigenvalue weighted by Crippen LogP contribution is 2.55. The molecule has 0 radical (unpaired) electrons. The van der Waals surface area contributed by atoms with Crippen molar-refractivity contribution >= 4 is 17.6 Å². The van der Waals surface area contributed by atoms with Gasteiger partial charge in [0.1, 0.15) is 0 Å². The van der Waals surface area contributed by atoms with Gasteiger partial charge in [0.2, 0.25) is 0 Å². The molecule has 130 valence electrons. The van der Waals surface area contributed by atoms with E-state index in [0.29, 0.717) is 0 Å². The van der Waals surface area contributed by atoms with Gasteiger partial charge in [-0.3, -0.25) is 0 Å². The molecule has 0 spiro atoms. The first-order chi connectivity index (χ1) is 11.5. The number of carbonyl (C=O) groups is 1. The number of rotatable bonds is 4. The lowest BCUT2D eigenvalue weighted by Crippen LogP contribution is -2.61. The van der Waals surface area contributed by atoms with Gasteiger partial charge in [-0.1, -0.05) is 30.7 Å². The Morgan fingerprint density at radius 2 is 1.67 bits per heavy atom. The number of benzene rings is 1. The summed E-state index contributed by atoms with van der Waals surface area (Å²) in [6.45, 7) is 2.10. The molecule has 3 nitrogen and oxygen atoms in total. The molecule has 2 N–H and O–H groups in total. The van der Waals surface area contributed by atoms with E-state index in [0.717, 1.165) is 34.8 Å². The summed E-state index contributed by atoms with van der Waals surface area (Å²) in [6, 6.07) is 7.81. The third-order valence-electron chi connectivity index (χ3n) is 6.40. The van der Waals surface area contributed by atoms with Crippen molar-refractivity contribution in [3.8, 4) is 0 Å². The standard InChI is InChI=1S/C20H27ClN2O/c1-2-18(16-3-5-17(21)6-4-16)22-19(24)23-20-10-13-7-14(11-20)9-15(8-13)12-20/h3-6,13-15,18H,2,7-12H2,1H3,(H2,22,23,24)/t13?,14?,15?,18-,20?/m0/s1. The topological polar surface area (TPSA) is 41.1 Å². The van der Waals surface area contributed by atoms with Crippen LogP contribution in [0, 0.1) is 17.8 Å². The molecule has 0 saturated heterocycles. The molecule has 1 aromatic carbocycles. The second-order valence-corrected chi connectivity index (χ2v) is 8.75. The molecular formula is C20H27ClN2O. The normalized spacial score (nSPS) is 34.8. The van der Waals surface area contributed by atoms with Crippen LogP contribution in [0.4, 0.5) is 4.79 Å². The zero-order chi connectivity index (χ0) is 16.7. The van der Waals surface area contributed by atoms with Gasteiger partial charge in [-0.25, -0.2) is 4.79 Å². The van der Waals surface area contributed by atoms with Crippen molar-refractivity contribution in [2.24, 2.45) is 17.8 Å². The maximum absolute atomic E-state index is 12.7. The number of amides is 2. The van der Waals surface area contributed by atoms with Gasteiger partial charge in [-0.2, -0.15) is 0 Å². The van der Waals surface area contributed by atoms with Gasteiger partial charge in [0.05, 0.1) is 6.04 Å². The summed E-state index contributed by atoms with van der Waals surface area (Å²) in [5.74, 6) is 2.53. The Kier molecular flexibility index (Phi) is 4.24. The Balaban J connectivity index is 1.41. The molecular weight excluding hydrogens is 320 g/mol. The lowest BCUT2D eigenvalue weighted by atomic mass is 9.53. The van der Waals surface area contributed by atoms with Crippen LogP contribution in [0.5, 0.6) is 0 Å². The third-order valence-corrected chi connectivity index (χ3v) is 6.65. The fourth-order valence-electron chi connectivity index (χ4n) is 5.82. The second kappa shape index (κ2) is 6.25. The lowest BCUT2D eigenvalue weighted by molar-refractivity contribution is -0.0136. The molecule has 0 aliphatic heterocycles. The van der Waals surface area contributed by atoms with E-state index >= 15 is 0 Å². The van der Waals surface area contributed by atoms with Gasteiger partial charge in [-0.05, 0) is 80.4 Å². The zero-order valence-corrected chi connectivity index (χ0v) is 15.1. The SMILES string of the molecule is CC[C@H](NC(=O)NC12CC3CC(CC(C3)C1)C2)c1ccc(Cl)cc1. The number of urea groups is 1. The average molecular weight is 347 g/mol. The Labute approximate surface area is 149 Å². The first-order valence-electron chi connectivity index (χ1n) is 9.39. The van der Waals surface area contributed by atoms with Gasteiger partial charge >= 0.3 is 6.03 Å². The zero-order valence-electron chi connectivity index (χ0n) is 14.4. The van der Waals surface area contributed by atoms with Crippen LogP contribution in [-0.2, 0) is 0 Å². The predicted octanol–water partition coefficient (Wildman–Crippen LogP) is 5.06. The Hall–Kier alpha value is -1.22. The van der Waals surface area contributed by atoms with Crippen LogP contribution in [0.25, 0.3) is 0 Å². The van der Waals surface area contributed by atoms with E-state index < -0.39 is 0 Å². The van der Waals surface area contributed by atoms with Crippen molar-refractivity contribution in [1.82, 2.24) is 10.6 Å². The van der Waals surface area contributed by atoms with Gasteiger partial charge in [-0.15, -0.1) is 0 Å². The molecule has 0 aromatic heterocycles. The quantitative estimate of drug-likeness (QED) is 0.786. The van der Waals surface area contributed by atoms with Crippen LogP contribution in [0.3, 0.4) is 0 Å². The summed E-state index contributed by atoms with van der Waals surface area (Å²) in [5.41, 5.74) is 1.18. The molecule has 4 bridgehead atoms. The first-order valence-corrected chi connectivity index (χ1v) is 9.77. The van der Waals surface area contributed by atoms with Crippen molar-refractivity contribution in [3.63, 3.8) is 0 Å². The Morgan fingerprint density at radius 1 is 1.12 bits per heavy atom. The van der Waals surface area contributed by atoms with E-state index in [1.54, 1.807) is 0 Å². The highest BCUT2D eigenvalue weighted by molar-refractivity contribution is 6.30. The maximum Gasteiger partial charge on any atom is 0.315 e. The van der Waals surface area contributed by atoms with Crippen molar-refractivity contribution in [2.45, 2.75) is 63.5 Å². The van der Waals surface area contributed by atoms with Crippen LogP contribution in [0.1, 0.15) is 63.5 Å². The highest BCUT2D eigenvalue weighted by Gasteiger charge is 2.51. The van der Waals surface area contributed by atoms with Crippen LogP contribution in [0.2, 0.25) is 5.02 Å². The minimum atomic E-state index is -0.00116. The lowest BCUT2D eigenvalue weighted by Gasteiger charge is -2.56. The molecule has 2 amide bonds. The third kappa shape index (κ3) is 3.15. The minimum Gasteiger partial charge on any atom is -0.333 e. The molecule has 4 fully saturated rings. The molecule has 1 atom stereocenters. The molecule has 0 heterocycles. The average Bonchev–Trinajstić information content (AvgIpc) is 2.51. The largest absolute Gasteiger partial charge is 0.333 e. The van der Waals surface area contributed by atoms with Gasteiger partial charge in [0, 0.05) is 10.6 Å². The Morgan fingerprint density at radius 3 is 2.17 bits per heavy atom. The van der Waals surface area contributed by atoms with E-state index in [4.69, 9.17) is 11.6 Å². The molecule has 24 heavy (non-hydrogen) atoms. The summed E-state index contributed by atoms with van der Waals surface area (Å²) in [4.78, 5) is 12.7. The van der Waals surface area contributed by atoms with Crippen molar-refractivity contribution in [1.29, 1.82) is 0 Å². The Bertz CT molecular complexity index is 577. The van der Waals surface area contributed by atoms with Gasteiger partial charge in [0.25, 0.3) is 0 Å². The van der Waals surface area contributed by atoms with E-state index in [-0.39, 0.29) is 17.6 Å². The van der Waals surface area contributed by atoms with Crippen molar-refractivity contribution in [2.75, 3.05) is 0 Å². The van der Waals surface area contributed by atoms with Crippen LogP contribution >= 0.6 is 11.6 Å². The molecule has 1 aromatic rings. The number of nitrogens with one attached hydrogen (secondary N) is 2. The predicted molar refractivity (Wildman–Crippen MR) is 97.1 cm³/mol. The summed E-state index contributed by atoms with van der Waals surface area (Å²) in [5, 5.41) is 7.31. The van der Waals surface area contributed by atoms with Crippen LogP contribution < -0.4 is 10.6 Å². The second-order valence-electron chi connectivity index (χ2n) is 8.31. The van der Waals surface area contributed by atoms with Crippen molar-refractivity contribution < 1.29 is 4.79 Å². The summed E-state index contributed by atoms with van der Waals surface area (Å²) in [7, 11) is 0. The fraction of sp³-hybridized carbons (Fsp3) is 0.650. The van der Waals surface area contributed by atoms with Crippen LogP contribution in [0.15, 0.2) is 24.3 Å². The summed E-state index contributed by atoms with van der Waals surface area (Å²) in [6.07, 6.45) is 8.61. The number of carbonyl (C=O) groups excluding carboxylic acids is 1. The molecule has 5 rings (SSSR count). The highest BCUT2D eigenvalue weighted by atomic mass is 35.5. The number of hydrogen-bond acceptors (Lipinski definition) is 1. The van der Waals surface area contributed by atoms with Gasteiger partial charge in [0.15, 0.2) is 0 Å². The van der Waals surface area contributed by atoms with E-state index in [2.05, 4.69) is 17.6 Å². The molecule has 4 aliphatic rings. The summed E-state index contributed by atoms with van der Waals surface area (Å²) >= 11 is 5.97. The number of halogens is 1. The molecule has 0 unspecified atom stereocenters. The van der Waals surface area contributed by atoms with Gasteiger partial charge < -0.3 is 10.6 Å². The smallest absolute Gasteiger partial charge is 0.315 e. The number of hydrogen-bond donors (Lipinski definition) is 2.